The van der Waals surface area contributed by atoms with Gasteiger partial charge in [-0.05, 0) is 252 Å². The van der Waals surface area contributed by atoms with Crippen LogP contribution >= 0.6 is 23.2 Å². The van der Waals surface area contributed by atoms with Crippen LogP contribution in [0.15, 0.2) is 188 Å². The molecule has 124 heavy (non-hydrogen) atoms. The second kappa shape index (κ2) is 47.4. The highest BCUT2D eigenvalue weighted by molar-refractivity contribution is 6.32. The van der Waals surface area contributed by atoms with E-state index in [0.717, 1.165) is 37.9 Å². The molecule has 0 amide bonds. The molecule has 9 heteroatoms. The first-order valence-electron chi connectivity index (χ1n) is 43.9. The first kappa shape index (κ1) is 114. The van der Waals surface area contributed by atoms with E-state index < -0.39 is 28.7 Å². The third-order valence-electron chi connectivity index (χ3n) is 21.0. The Hall–Kier alpha value is -7.65. The van der Waals surface area contributed by atoms with Crippen LogP contribution < -0.4 is 0 Å². The summed E-state index contributed by atoms with van der Waals surface area (Å²) in [5.41, 5.74) is 25.0. The molecule has 0 saturated carbocycles. The molecule has 0 fully saturated rings. The lowest BCUT2D eigenvalue weighted by Crippen LogP contribution is -2.16. The lowest BCUT2D eigenvalue weighted by atomic mass is 9.81. The first-order valence-corrected chi connectivity index (χ1v) is 44.7. The molecule has 10 aromatic carbocycles. The van der Waals surface area contributed by atoms with Crippen molar-refractivity contribution in [1.29, 1.82) is 0 Å². The van der Waals surface area contributed by atoms with Crippen LogP contribution in [-0.2, 0) is 72.8 Å². The molecule has 684 valence electrons. The maximum atomic E-state index is 13.4. The lowest BCUT2D eigenvalue weighted by molar-refractivity contribution is 0.278. The molecule has 0 radical (unpaired) electrons. The number of benzene rings is 10. The number of halogens is 7. The van der Waals surface area contributed by atoms with Crippen molar-refractivity contribution in [3.05, 3.63) is 350 Å². The number of aliphatic hydroxyl groups is 2. The number of aliphatic hydroxyl groups excluding tert-OH is 2. The van der Waals surface area contributed by atoms with Gasteiger partial charge in [0, 0.05) is 15.6 Å². The smallest absolute Gasteiger partial charge is 0.162 e. The molecule has 0 spiro atoms. The molecule has 0 atom stereocenters. The van der Waals surface area contributed by atoms with Crippen LogP contribution in [0.25, 0.3) is 0 Å². The zero-order valence-electron chi connectivity index (χ0n) is 84.9. The van der Waals surface area contributed by atoms with Gasteiger partial charge in [0.1, 0.15) is 17.5 Å². The van der Waals surface area contributed by atoms with Gasteiger partial charge < -0.3 is 10.2 Å². The van der Waals surface area contributed by atoms with Gasteiger partial charge in [-0.15, -0.1) is 0 Å². The number of rotatable bonds is 2. The van der Waals surface area contributed by atoms with Crippen molar-refractivity contribution in [1.82, 2.24) is 0 Å². The number of hydrogen-bond acceptors (Lipinski definition) is 2. The Morgan fingerprint density at radius 2 is 0.573 bits per heavy atom. The molecule has 0 aromatic heterocycles. The Morgan fingerprint density at radius 1 is 0.226 bits per heavy atom. The minimum Gasteiger partial charge on any atom is -0.392 e. The molecule has 2 N–H and O–H groups in total. The molecule has 10 rings (SSSR count). The van der Waals surface area contributed by atoms with Crippen LogP contribution in [0.1, 0.15) is 351 Å². The molecule has 0 aliphatic rings. The fraction of sp³-hybridized carbons (Fsp3) is 0.478. The molecule has 2 nitrogen and oxygen atoms in total. The molecule has 0 unspecified atom stereocenters. The van der Waals surface area contributed by atoms with Crippen LogP contribution in [0, 0.1) is 91.4 Å². The van der Waals surface area contributed by atoms with Crippen molar-refractivity contribution in [3.8, 4) is 0 Å². The molecule has 0 bridgehead atoms. The maximum absolute atomic E-state index is 13.4. The molecule has 0 heterocycles. The van der Waals surface area contributed by atoms with E-state index in [2.05, 4.69) is 304 Å². The summed E-state index contributed by atoms with van der Waals surface area (Å²) in [5, 5.41) is 20.0. The summed E-state index contributed by atoms with van der Waals surface area (Å²) >= 11 is 12.2. The van der Waals surface area contributed by atoms with Crippen molar-refractivity contribution in [2.45, 2.75) is 364 Å². The third kappa shape index (κ3) is 38.9. The summed E-state index contributed by atoms with van der Waals surface area (Å²) in [4.78, 5) is 0. The number of aryl methyl sites for hydroxylation is 9. The fourth-order valence-electron chi connectivity index (χ4n) is 14.0. The second-order valence-electron chi connectivity index (χ2n) is 44.6. The Bertz CT molecular complexity index is 4860. The van der Waals surface area contributed by atoms with E-state index in [1.54, 1.807) is 52.8 Å². The van der Waals surface area contributed by atoms with Crippen molar-refractivity contribution < 1.29 is 32.2 Å². The summed E-state index contributed by atoms with van der Waals surface area (Å²) in [6, 6.07) is 61.8. The van der Waals surface area contributed by atoms with Gasteiger partial charge in [0.25, 0.3) is 0 Å². The van der Waals surface area contributed by atoms with E-state index in [4.69, 9.17) is 28.3 Å². The molecule has 0 aliphatic heterocycles. The second-order valence-corrected chi connectivity index (χ2v) is 45.4. The first-order chi connectivity index (χ1) is 56.1. The van der Waals surface area contributed by atoms with E-state index in [0.29, 0.717) is 16.7 Å². The van der Waals surface area contributed by atoms with Crippen LogP contribution in [0.4, 0.5) is 22.0 Å². The summed E-state index contributed by atoms with van der Waals surface area (Å²) in [7, 11) is 0. The fourth-order valence-corrected chi connectivity index (χ4v) is 14.6. The highest BCUT2D eigenvalue weighted by Crippen LogP contribution is 2.36. The Morgan fingerprint density at radius 3 is 0.927 bits per heavy atom. The Labute approximate surface area is 763 Å². The minimum absolute atomic E-state index is 0.0919. The SMILES string of the molecule is CC(C)(C)c1ccc(C(C)(C)C)cc1.CC(C)(C)c1ccccc1CO.CC(C)(C)c1ccccc1F.Cc1cc(F)c(C(C)(C)C)c(F)c1.Cc1ccc(C(C)(C)C)c(C)c1.Cc1ccc(C(C)(C)C)c(F)c1F.Cc1ccc(C(C)(C)C)cc1Cl.Cc1ccc(CO)c(C(C)(C)C)c1.Cc1cccc(C(C)(C)C)c1Cl.Cc1cccc(C)c1C(C)(C)C. The van der Waals surface area contributed by atoms with E-state index in [-0.39, 0.29) is 78.7 Å². The van der Waals surface area contributed by atoms with E-state index >= 15 is 0 Å². The molecular weight excluding hydrogens is 1580 g/mol. The standard InChI is InChI=1S/C14H22.C12H18O.2C12H18.2C11H15Cl.2C11H14F2.C11H16O.C10H13F/c1-13(2,3)11-7-9-12(10-8-11)14(4,5)6;1-9-5-6-10(8-13)11(7-9)12(2,3)4;1-9-6-7-11(10(2)8-9)12(3,4)5;1-9-7-6-8-10(2)11(9)12(3,4)5;1-8-5-6-9(7-10(8)12)11(2,3)4;1-8-6-5-7-9(10(8)12)11(2,3)4;1-7-5-8(12)10(9(13)6-7)11(2,3)4;1-7-5-6-8(11(2,3)4)10(13)9(7)12;1-11(2,3)10-7-5-4-6-9(10)8-12;1-10(2,3)8-6-4-5-7-9(8)11/h7-10H,1-6H3;5-7,13H,8H2,1-4H3;2*6-8H,1-5H3;2*5-7H,1-4H3;2*5-6H,1-4H3;4-7,12H,8H2,1-3H3;4-7H,1-3H3. The summed E-state index contributed by atoms with van der Waals surface area (Å²) in [6.07, 6.45) is 0. The third-order valence-corrected chi connectivity index (χ3v) is 21.9. The Balaban J connectivity index is 0.000000689. The number of hydrogen-bond donors (Lipinski definition) is 2. The van der Waals surface area contributed by atoms with Crippen molar-refractivity contribution in [2.24, 2.45) is 0 Å². The molecular formula is C115H163Cl2F5O2. The van der Waals surface area contributed by atoms with Crippen LogP contribution in [0.5, 0.6) is 0 Å². The molecule has 0 aliphatic carbocycles. The van der Waals surface area contributed by atoms with Gasteiger partial charge in [0.15, 0.2) is 11.6 Å². The maximum Gasteiger partial charge on any atom is 0.162 e. The topological polar surface area (TPSA) is 40.5 Å². The average Bonchev–Trinajstić information content (AvgIpc) is 0.808. The van der Waals surface area contributed by atoms with Gasteiger partial charge in [-0.25, -0.2) is 22.0 Å². The highest BCUT2D eigenvalue weighted by atomic mass is 35.5. The van der Waals surface area contributed by atoms with Crippen LogP contribution in [-0.4, -0.2) is 10.2 Å². The van der Waals surface area contributed by atoms with Crippen molar-refractivity contribution in [2.75, 3.05) is 0 Å². The highest BCUT2D eigenvalue weighted by Gasteiger charge is 2.27. The molecule has 10 aromatic rings. The summed E-state index contributed by atoms with van der Waals surface area (Å²) < 4.78 is 66.4. The van der Waals surface area contributed by atoms with Gasteiger partial charge in [-0.3, -0.25) is 0 Å². The van der Waals surface area contributed by atoms with Gasteiger partial charge in [0.05, 0.1) is 13.2 Å². The quantitative estimate of drug-likeness (QED) is 0.169. The predicted octanol–water partition coefficient (Wildman–Crippen LogP) is 34.9. The average molecular weight is 1740 g/mol. The lowest BCUT2D eigenvalue weighted by Gasteiger charge is -2.23. The van der Waals surface area contributed by atoms with Gasteiger partial charge in [-0.1, -0.05) is 427 Å². The van der Waals surface area contributed by atoms with E-state index in [9.17, 15) is 27.1 Å². The van der Waals surface area contributed by atoms with Crippen molar-refractivity contribution in [3.63, 3.8) is 0 Å². The van der Waals surface area contributed by atoms with Gasteiger partial charge >= 0.3 is 0 Å². The normalized spacial score (nSPS) is 11.9. The predicted molar refractivity (Wildman–Crippen MR) is 534 cm³/mol. The zero-order valence-corrected chi connectivity index (χ0v) is 86.4. The zero-order chi connectivity index (χ0) is 96.6. The molecule has 0 saturated heterocycles. The van der Waals surface area contributed by atoms with Gasteiger partial charge in [0.2, 0.25) is 0 Å². The van der Waals surface area contributed by atoms with Crippen LogP contribution in [0.3, 0.4) is 0 Å². The van der Waals surface area contributed by atoms with Gasteiger partial charge in [-0.2, -0.15) is 0 Å². The summed E-state index contributed by atoms with van der Waals surface area (Å²) in [6.45, 7) is 88.4. The van der Waals surface area contributed by atoms with E-state index in [1.165, 1.54) is 90.5 Å². The Kier molecular flexibility index (Phi) is 43.7. The summed E-state index contributed by atoms with van der Waals surface area (Å²) in [5.74, 6) is -2.46. The minimum atomic E-state index is -0.729. The largest absolute Gasteiger partial charge is 0.392 e. The van der Waals surface area contributed by atoms with Crippen LogP contribution in [0.2, 0.25) is 10.0 Å². The van der Waals surface area contributed by atoms with E-state index in [1.807, 2.05) is 104 Å². The monoisotopic (exact) mass is 1740 g/mol. The van der Waals surface area contributed by atoms with Crippen molar-refractivity contribution >= 4 is 23.2 Å².